The summed E-state index contributed by atoms with van der Waals surface area (Å²) in [6.45, 7) is 7.39. The molecule has 1 aromatic heterocycles. The summed E-state index contributed by atoms with van der Waals surface area (Å²) in [6.07, 6.45) is 1.77. The number of hydrogen-bond acceptors (Lipinski definition) is 3. The fraction of sp³-hybridized carbons (Fsp3) is 0.412. The molecular formula is C17H23N3. The third-order valence-electron chi connectivity index (χ3n) is 3.01. The molecule has 106 valence electrons. The molecule has 1 aromatic carbocycles. The van der Waals surface area contributed by atoms with E-state index < -0.39 is 0 Å². The van der Waals surface area contributed by atoms with Crippen LogP contribution in [0.3, 0.4) is 0 Å². The Morgan fingerprint density at radius 2 is 1.85 bits per heavy atom. The second kappa shape index (κ2) is 7.04. The Hall–Kier alpha value is -1.90. The first-order valence-electron chi connectivity index (χ1n) is 7.32. The predicted octanol–water partition coefficient (Wildman–Crippen LogP) is 3.70. The van der Waals surface area contributed by atoms with E-state index in [4.69, 9.17) is 4.98 Å². The number of rotatable bonds is 6. The Morgan fingerprint density at radius 1 is 1.10 bits per heavy atom. The maximum absolute atomic E-state index is 4.70. The molecule has 0 radical (unpaired) electrons. The monoisotopic (exact) mass is 269 g/mol. The lowest BCUT2D eigenvalue weighted by molar-refractivity contribution is 0.631. The van der Waals surface area contributed by atoms with Crippen LogP contribution in [0.5, 0.6) is 0 Å². The molecule has 2 rings (SSSR count). The lowest BCUT2D eigenvalue weighted by atomic mass is 10.1. The van der Waals surface area contributed by atoms with Crippen molar-refractivity contribution in [2.75, 3.05) is 11.9 Å². The quantitative estimate of drug-likeness (QED) is 0.869. The molecule has 0 saturated heterocycles. The molecular weight excluding hydrogens is 246 g/mol. The highest BCUT2D eigenvalue weighted by atomic mass is 15.0. The molecule has 0 aliphatic carbocycles. The summed E-state index contributed by atoms with van der Waals surface area (Å²) in [5.74, 6) is 2.43. The summed E-state index contributed by atoms with van der Waals surface area (Å²) in [6, 6.07) is 12.4. The molecule has 0 bridgehead atoms. The lowest BCUT2D eigenvalue weighted by Crippen LogP contribution is -2.08. The minimum absolute atomic E-state index is 0.601. The van der Waals surface area contributed by atoms with Gasteiger partial charge in [0.25, 0.3) is 0 Å². The third kappa shape index (κ3) is 4.34. The fourth-order valence-electron chi connectivity index (χ4n) is 2.20. The summed E-state index contributed by atoms with van der Waals surface area (Å²) < 4.78 is 0. The highest BCUT2D eigenvalue weighted by molar-refractivity contribution is 5.37. The van der Waals surface area contributed by atoms with Crippen molar-refractivity contribution in [2.24, 2.45) is 5.92 Å². The Balaban J connectivity index is 2.24. The van der Waals surface area contributed by atoms with Crippen LogP contribution in [0.25, 0.3) is 0 Å². The molecule has 0 aliphatic heterocycles. The summed E-state index contributed by atoms with van der Waals surface area (Å²) in [4.78, 5) is 9.30. The van der Waals surface area contributed by atoms with E-state index in [-0.39, 0.29) is 0 Å². The molecule has 0 fully saturated rings. The number of anilines is 1. The van der Waals surface area contributed by atoms with Gasteiger partial charge < -0.3 is 5.32 Å². The van der Waals surface area contributed by atoms with E-state index in [1.54, 1.807) is 0 Å². The SMILES string of the molecule is CCNc1cc(CC(C)C)nc(Cc2ccccc2)n1. The highest BCUT2D eigenvalue weighted by Gasteiger charge is 2.07. The van der Waals surface area contributed by atoms with Crippen LogP contribution in [-0.2, 0) is 12.8 Å². The van der Waals surface area contributed by atoms with Crippen LogP contribution in [0, 0.1) is 5.92 Å². The third-order valence-corrected chi connectivity index (χ3v) is 3.01. The van der Waals surface area contributed by atoms with Crippen molar-refractivity contribution in [3.8, 4) is 0 Å². The van der Waals surface area contributed by atoms with Gasteiger partial charge in [0.05, 0.1) is 0 Å². The second-order valence-corrected chi connectivity index (χ2v) is 5.45. The first-order chi connectivity index (χ1) is 9.67. The van der Waals surface area contributed by atoms with E-state index in [9.17, 15) is 0 Å². The molecule has 2 aromatic rings. The van der Waals surface area contributed by atoms with Gasteiger partial charge in [-0.2, -0.15) is 0 Å². The van der Waals surface area contributed by atoms with Crippen molar-refractivity contribution in [1.82, 2.24) is 9.97 Å². The van der Waals surface area contributed by atoms with Crippen LogP contribution in [0.15, 0.2) is 36.4 Å². The van der Waals surface area contributed by atoms with Gasteiger partial charge >= 0.3 is 0 Å². The maximum atomic E-state index is 4.70. The molecule has 0 spiro atoms. The molecule has 1 N–H and O–H groups in total. The average Bonchev–Trinajstić information content (AvgIpc) is 2.39. The average molecular weight is 269 g/mol. The van der Waals surface area contributed by atoms with E-state index in [1.165, 1.54) is 5.56 Å². The molecule has 3 nitrogen and oxygen atoms in total. The smallest absolute Gasteiger partial charge is 0.135 e. The van der Waals surface area contributed by atoms with Crippen LogP contribution < -0.4 is 5.32 Å². The zero-order chi connectivity index (χ0) is 14.4. The predicted molar refractivity (Wildman–Crippen MR) is 84.0 cm³/mol. The zero-order valence-electron chi connectivity index (χ0n) is 12.6. The van der Waals surface area contributed by atoms with E-state index in [0.29, 0.717) is 5.92 Å². The van der Waals surface area contributed by atoms with E-state index in [0.717, 1.165) is 36.7 Å². The van der Waals surface area contributed by atoms with Gasteiger partial charge in [0.2, 0.25) is 0 Å². The molecule has 0 amide bonds. The molecule has 0 unspecified atom stereocenters. The molecule has 0 aliphatic rings. The topological polar surface area (TPSA) is 37.8 Å². The van der Waals surface area contributed by atoms with Gasteiger partial charge in [-0.25, -0.2) is 9.97 Å². The number of aromatic nitrogens is 2. The molecule has 0 saturated carbocycles. The van der Waals surface area contributed by atoms with Crippen LogP contribution >= 0.6 is 0 Å². The molecule has 1 heterocycles. The minimum Gasteiger partial charge on any atom is -0.370 e. The summed E-state index contributed by atoms with van der Waals surface area (Å²) >= 11 is 0. The standard InChI is InChI=1S/C17H23N3/c1-4-18-16-12-15(10-13(2)3)19-17(20-16)11-14-8-6-5-7-9-14/h5-9,12-13H,4,10-11H2,1-3H3,(H,18,19,20). The van der Waals surface area contributed by atoms with Crippen molar-refractivity contribution >= 4 is 5.82 Å². The largest absolute Gasteiger partial charge is 0.370 e. The van der Waals surface area contributed by atoms with Crippen molar-refractivity contribution in [2.45, 2.75) is 33.6 Å². The van der Waals surface area contributed by atoms with E-state index >= 15 is 0 Å². The molecule has 20 heavy (non-hydrogen) atoms. The fourth-order valence-corrected chi connectivity index (χ4v) is 2.20. The molecule has 3 heteroatoms. The first-order valence-corrected chi connectivity index (χ1v) is 7.32. The van der Waals surface area contributed by atoms with Gasteiger partial charge in [0, 0.05) is 24.7 Å². The normalized spacial score (nSPS) is 10.8. The van der Waals surface area contributed by atoms with Crippen molar-refractivity contribution in [1.29, 1.82) is 0 Å². The van der Waals surface area contributed by atoms with Gasteiger partial charge in [-0.15, -0.1) is 0 Å². The number of benzene rings is 1. The zero-order valence-corrected chi connectivity index (χ0v) is 12.6. The van der Waals surface area contributed by atoms with Gasteiger partial charge in [-0.1, -0.05) is 44.2 Å². The van der Waals surface area contributed by atoms with Gasteiger partial charge in [0.1, 0.15) is 11.6 Å². The molecule has 0 atom stereocenters. The van der Waals surface area contributed by atoms with Crippen LogP contribution in [-0.4, -0.2) is 16.5 Å². The van der Waals surface area contributed by atoms with Crippen molar-refractivity contribution in [3.05, 3.63) is 53.5 Å². The summed E-state index contributed by atoms with van der Waals surface area (Å²) in [7, 11) is 0. The van der Waals surface area contributed by atoms with Gasteiger partial charge in [0.15, 0.2) is 0 Å². The Kier molecular flexibility index (Phi) is 5.10. The van der Waals surface area contributed by atoms with Crippen LogP contribution in [0.4, 0.5) is 5.82 Å². The Morgan fingerprint density at radius 3 is 2.50 bits per heavy atom. The van der Waals surface area contributed by atoms with Crippen molar-refractivity contribution < 1.29 is 0 Å². The van der Waals surface area contributed by atoms with E-state index in [2.05, 4.69) is 61.4 Å². The number of hydrogen-bond donors (Lipinski definition) is 1. The first kappa shape index (κ1) is 14.5. The van der Waals surface area contributed by atoms with Crippen LogP contribution in [0.1, 0.15) is 37.9 Å². The summed E-state index contributed by atoms with van der Waals surface area (Å²) in [5.41, 5.74) is 2.37. The summed E-state index contributed by atoms with van der Waals surface area (Å²) in [5, 5.41) is 3.30. The highest BCUT2D eigenvalue weighted by Crippen LogP contribution is 2.13. The number of nitrogens with one attached hydrogen (secondary N) is 1. The van der Waals surface area contributed by atoms with Gasteiger partial charge in [-0.3, -0.25) is 0 Å². The lowest BCUT2D eigenvalue weighted by Gasteiger charge is -2.10. The minimum atomic E-state index is 0.601. The van der Waals surface area contributed by atoms with E-state index in [1.807, 2.05) is 6.07 Å². The Bertz CT molecular complexity index is 535. The van der Waals surface area contributed by atoms with Crippen molar-refractivity contribution in [3.63, 3.8) is 0 Å². The second-order valence-electron chi connectivity index (χ2n) is 5.45. The van der Waals surface area contributed by atoms with Gasteiger partial charge in [-0.05, 0) is 24.8 Å². The maximum Gasteiger partial charge on any atom is 0.135 e. The number of nitrogens with zero attached hydrogens (tertiary/aromatic N) is 2. The van der Waals surface area contributed by atoms with Crippen LogP contribution in [0.2, 0.25) is 0 Å². The Labute approximate surface area is 121 Å².